The fourth-order valence-electron chi connectivity index (χ4n) is 2.52. The maximum atomic E-state index is 14.6. The molecule has 7 nitrogen and oxygen atoms in total. The number of hydrogen-bond donors (Lipinski definition) is 1. The van der Waals surface area contributed by atoms with Gasteiger partial charge in [-0.05, 0) is 37.3 Å². The Morgan fingerprint density at radius 2 is 2.00 bits per heavy atom. The molecule has 0 spiro atoms. The van der Waals surface area contributed by atoms with E-state index in [-0.39, 0.29) is 5.69 Å². The number of benzene rings is 1. The second-order valence-corrected chi connectivity index (χ2v) is 5.69. The van der Waals surface area contributed by atoms with Crippen LogP contribution in [-0.4, -0.2) is 31.0 Å². The minimum absolute atomic E-state index is 0.255. The third-order valence-electron chi connectivity index (χ3n) is 3.85. The molecule has 0 aliphatic rings. The fourth-order valence-corrected chi connectivity index (χ4v) is 2.52. The van der Waals surface area contributed by atoms with E-state index in [0.717, 1.165) is 5.69 Å². The number of rotatable bonds is 4. The summed E-state index contributed by atoms with van der Waals surface area (Å²) in [5, 5.41) is 10.8. The smallest absolute Gasteiger partial charge is 0.153 e. The summed E-state index contributed by atoms with van der Waals surface area (Å²) in [7, 11) is 0. The highest BCUT2D eigenvalue weighted by molar-refractivity contribution is 5.82. The Hall–Kier alpha value is -3.68. The number of anilines is 2. The first kappa shape index (κ1) is 15.8. The van der Waals surface area contributed by atoms with Crippen molar-refractivity contribution in [1.29, 1.82) is 0 Å². The monoisotopic (exact) mass is 348 g/mol. The molecule has 0 saturated heterocycles. The van der Waals surface area contributed by atoms with Crippen LogP contribution in [0.1, 0.15) is 16.1 Å². The predicted molar refractivity (Wildman–Crippen MR) is 94.3 cm³/mol. The Bertz CT molecular complexity index is 1090. The third-order valence-corrected chi connectivity index (χ3v) is 3.85. The van der Waals surface area contributed by atoms with Crippen LogP contribution < -0.4 is 5.32 Å². The number of aromatic nitrogens is 5. The zero-order valence-electron chi connectivity index (χ0n) is 13.7. The van der Waals surface area contributed by atoms with Crippen molar-refractivity contribution in [2.24, 2.45) is 0 Å². The Kier molecular flexibility index (Phi) is 3.85. The number of carbonyl (C=O) groups is 1. The Balaban J connectivity index is 1.72. The van der Waals surface area contributed by atoms with Crippen LogP contribution in [0.4, 0.5) is 15.9 Å². The van der Waals surface area contributed by atoms with Crippen LogP contribution in [0, 0.1) is 12.7 Å². The molecule has 3 heterocycles. The molecular weight excluding hydrogens is 335 g/mol. The van der Waals surface area contributed by atoms with Crippen LogP contribution in [0.25, 0.3) is 16.9 Å². The van der Waals surface area contributed by atoms with Gasteiger partial charge in [-0.2, -0.15) is 5.10 Å². The summed E-state index contributed by atoms with van der Waals surface area (Å²) >= 11 is 0. The minimum atomic E-state index is -0.453. The van der Waals surface area contributed by atoms with Gasteiger partial charge in [0.1, 0.15) is 18.0 Å². The summed E-state index contributed by atoms with van der Waals surface area (Å²) in [6.45, 7) is 1.83. The van der Waals surface area contributed by atoms with E-state index >= 15 is 0 Å². The van der Waals surface area contributed by atoms with Crippen molar-refractivity contribution in [3.05, 3.63) is 66.0 Å². The third kappa shape index (κ3) is 2.88. The van der Waals surface area contributed by atoms with Crippen LogP contribution in [0.15, 0.2) is 48.9 Å². The zero-order chi connectivity index (χ0) is 18.1. The molecule has 0 bridgehead atoms. The molecule has 3 aromatic heterocycles. The molecule has 8 heteroatoms. The van der Waals surface area contributed by atoms with Crippen molar-refractivity contribution < 1.29 is 9.18 Å². The van der Waals surface area contributed by atoms with Gasteiger partial charge in [0, 0.05) is 17.8 Å². The molecule has 0 atom stereocenters. The van der Waals surface area contributed by atoms with Gasteiger partial charge < -0.3 is 5.32 Å². The average Bonchev–Trinajstić information content (AvgIpc) is 3.06. The first-order valence-corrected chi connectivity index (χ1v) is 7.79. The van der Waals surface area contributed by atoms with Gasteiger partial charge in [0.2, 0.25) is 0 Å². The molecule has 0 amide bonds. The summed E-state index contributed by atoms with van der Waals surface area (Å²) in [5.74, 6) is 0.535. The predicted octanol–water partition coefficient (Wildman–Crippen LogP) is 3.21. The fraction of sp³-hybridized carbons (Fsp3) is 0.0556. The second kappa shape index (κ2) is 6.32. The van der Waals surface area contributed by atoms with Crippen LogP contribution in [0.5, 0.6) is 0 Å². The number of aryl methyl sites for hydroxylation is 1. The standard InChI is InChI=1S/C18H13FN6O/c1-11-2-4-17(24-23-11)22-14-7-15-16(6-13(14)19)25(10-21-15)18-5-3-12(9-26)8-20-18/h2-10H,1H3,(H,22,24). The first-order chi connectivity index (χ1) is 12.6. The zero-order valence-corrected chi connectivity index (χ0v) is 13.7. The molecule has 0 saturated carbocycles. The van der Waals surface area contributed by atoms with Gasteiger partial charge in [0.15, 0.2) is 12.1 Å². The van der Waals surface area contributed by atoms with E-state index in [2.05, 4.69) is 25.5 Å². The van der Waals surface area contributed by atoms with E-state index in [9.17, 15) is 9.18 Å². The molecule has 0 radical (unpaired) electrons. The van der Waals surface area contributed by atoms with E-state index in [0.29, 0.717) is 34.5 Å². The van der Waals surface area contributed by atoms with Gasteiger partial charge in [-0.3, -0.25) is 9.36 Å². The van der Waals surface area contributed by atoms with Crippen LogP contribution in [0.2, 0.25) is 0 Å². The number of aldehydes is 1. The van der Waals surface area contributed by atoms with Crippen molar-refractivity contribution in [2.75, 3.05) is 5.32 Å². The topological polar surface area (TPSA) is 85.6 Å². The molecular formula is C18H13FN6O. The van der Waals surface area contributed by atoms with Crippen molar-refractivity contribution in [1.82, 2.24) is 24.7 Å². The van der Waals surface area contributed by atoms with E-state index < -0.39 is 5.82 Å². The van der Waals surface area contributed by atoms with E-state index in [1.807, 2.05) is 6.92 Å². The normalized spacial score (nSPS) is 10.8. The van der Waals surface area contributed by atoms with E-state index in [4.69, 9.17) is 0 Å². The first-order valence-electron chi connectivity index (χ1n) is 7.79. The maximum Gasteiger partial charge on any atom is 0.153 e. The van der Waals surface area contributed by atoms with Gasteiger partial charge in [-0.15, -0.1) is 5.10 Å². The highest BCUT2D eigenvalue weighted by Crippen LogP contribution is 2.26. The molecule has 0 aliphatic carbocycles. The number of nitrogens with zero attached hydrogens (tertiary/aromatic N) is 5. The van der Waals surface area contributed by atoms with Gasteiger partial charge in [0.05, 0.1) is 22.4 Å². The SMILES string of the molecule is Cc1ccc(Nc2cc3ncn(-c4ccc(C=O)cn4)c3cc2F)nn1. The van der Waals surface area contributed by atoms with E-state index in [1.54, 1.807) is 41.2 Å². The van der Waals surface area contributed by atoms with E-state index in [1.165, 1.54) is 12.3 Å². The number of carbonyl (C=O) groups excluding carboxylic acids is 1. The second-order valence-electron chi connectivity index (χ2n) is 5.69. The number of imidazole rings is 1. The number of fused-ring (bicyclic) bond motifs is 1. The Morgan fingerprint density at radius 1 is 1.12 bits per heavy atom. The highest BCUT2D eigenvalue weighted by atomic mass is 19.1. The van der Waals surface area contributed by atoms with Crippen molar-refractivity contribution in [3.63, 3.8) is 0 Å². The lowest BCUT2D eigenvalue weighted by molar-refractivity contribution is 0.112. The molecule has 26 heavy (non-hydrogen) atoms. The molecule has 0 fully saturated rings. The largest absolute Gasteiger partial charge is 0.336 e. The summed E-state index contributed by atoms with van der Waals surface area (Å²) in [6.07, 6.45) is 3.73. The average molecular weight is 348 g/mol. The molecule has 0 unspecified atom stereocenters. The number of pyridine rings is 1. The quantitative estimate of drug-likeness (QED) is 0.570. The molecule has 1 N–H and O–H groups in total. The van der Waals surface area contributed by atoms with Gasteiger partial charge in [0.25, 0.3) is 0 Å². The van der Waals surface area contributed by atoms with Gasteiger partial charge in [-0.1, -0.05) is 0 Å². The van der Waals surface area contributed by atoms with Gasteiger partial charge in [-0.25, -0.2) is 14.4 Å². The van der Waals surface area contributed by atoms with Crippen molar-refractivity contribution in [3.8, 4) is 5.82 Å². The number of halogens is 1. The van der Waals surface area contributed by atoms with Crippen LogP contribution in [0.3, 0.4) is 0 Å². The molecule has 128 valence electrons. The van der Waals surface area contributed by atoms with Crippen LogP contribution >= 0.6 is 0 Å². The number of nitrogens with one attached hydrogen (secondary N) is 1. The lowest BCUT2D eigenvalue weighted by Crippen LogP contribution is -2.00. The maximum absolute atomic E-state index is 14.6. The summed E-state index contributed by atoms with van der Waals surface area (Å²) in [6, 6.07) is 9.81. The summed E-state index contributed by atoms with van der Waals surface area (Å²) in [4.78, 5) is 19.3. The lowest BCUT2D eigenvalue weighted by atomic mass is 10.2. The van der Waals surface area contributed by atoms with Gasteiger partial charge >= 0.3 is 0 Å². The minimum Gasteiger partial charge on any atom is -0.336 e. The molecule has 4 rings (SSSR count). The van der Waals surface area contributed by atoms with Crippen molar-refractivity contribution in [2.45, 2.75) is 6.92 Å². The Labute approximate surface area is 147 Å². The number of hydrogen-bond acceptors (Lipinski definition) is 6. The molecule has 0 aliphatic heterocycles. The molecule has 4 aromatic rings. The van der Waals surface area contributed by atoms with Crippen molar-refractivity contribution >= 4 is 28.8 Å². The van der Waals surface area contributed by atoms with Crippen LogP contribution in [-0.2, 0) is 0 Å². The summed E-state index contributed by atoms with van der Waals surface area (Å²) < 4.78 is 16.2. The Morgan fingerprint density at radius 3 is 2.69 bits per heavy atom. The lowest BCUT2D eigenvalue weighted by Gasteiger charge is -2.08. The molecule has 1 aromatic carbocycles. The highest BCUT2D eigenvalue weighted by Gasteiger charge is 2.12. The summed E-state index contributed by atoms with van der Waals surface area (Å²) in [5.41, 5.74) is 2.66.